The number of halogens is 1. The van der Waals surface area contributed by atoms with Gasteiger partial charge in [-0.15, -0.1) is 0 Å². The number of amides is 1. The zero-order chi connectivity index (χ0) is 20.3. The quantitative estimate of drug-likeness (QED) is 0.677. The van der Waals surface area contributed by atoms with Crippen LogP contribution in [0.1, 0.15) is 42.1 Å². The van der Waals surface area contributed by atoms with Gasteiger partial charge in [0.1, 0.15) is 0 Å². The van der Waals surface area contributed by atoms with E-state index in [-0.39, 0.29) is 19.0 Å². The summed E-state index contributed by atoms with van der Waals surface area (Å²) in [5, 5.41) is 0. The molecule has 2 heterocycles. The van der Waals surface area contributed by atoms with Gasteiger partial charge in [0.05, 0.1) is 10.5 Å². The zero-order valence-electron chi connectivity index (χ0n) is 16.0. The Labute approximate surface area is 174 Å². The number of carbonyl (C=O) groups excluding carboxylic acids is 1. The maximum absolute atomic E-state index is 12.9. The van der Waals surface area contributed by atoms with Gasteiger partial charge >= 0.3 is 0 Å². The molecule has 8 heteroatoms. The molecule has 3 rings (SSSR count). The first kappa shape index (κ1) is 21.0. The van der Waals surface area contributed by atoms with Gasteiger partial charge in [0.15, 0.2) is 0 Å². The number of nitrogens with zero attached hydrogens (tertiary/aromatic N) is 3. The number of hydrogen-bond acceptors (Lipinski definition) is 4. The lowest BCUT2D eigenvalue weighted by molar-refractivity contribution is 0.0697. The molecule has 1 aliphatic heterocycles. The predicted octanol–water partition coefficient (Wildman–Crippen LogP) is 3.50. The first-order valence-corrected chi connectivity index (χ1v) is 11.6. The van der Waals surface area contributed by atoms with Gasteiger partial charge in [-0.2, -0.15) is 4.31 Å². The number of rotatable bonds is 5. The van der Waals surface area contributed by atoms with E-state index in [1.165, 1.54) is 10.5 Å². The van der Waals surface area contributed by atoms with Gasteiger partial charge < -0.3 is 4.90 Å². The van der Waals surface area contributed by atoms with E-state index < -0.39 is 10.0 Å². The highest BCUT2D eigenvalue weighted by atomic mass is 79.9. The Balaban J connectivity index is 1.67. The molecule has 1 amide bonds. The van der Waals surface area contributed by atoms with E-state index in [2.05, 4.69) is 34.8 Å². The number of pyridine rings is 1. The second-order valence-corrected chi connectivity index (χ2v) is 9.82. The minimum atomic E-state index is -3.56. The standard InChI is InChI=1S/C20H24BrN3O3S/c1-3-15(2)16-4-6-19(7-5-16)28(26,27)24-10-8-23(9-11-24)20(25)17-12-18(21)14-22-13-17/h4-7,12-15H,3,8-11H2,1-2H3. The minimum Gasteiger partial charge on any atom is -0.336 e. The largest absolute Gasteiger partial charge is 0.336 e. The molecule has 0 spiro atoms. The number of benzene rings is 1. The Morgan fingerprint density at radius 2 is 1.79 bits per heavy atom. The fraction of sp³-hybridized carbons (Fsp3) is 0.400. The van der Waals surface area contributed by atoms with Crippen molar-refractivity contribution in [2.24, 2.45) is 0 Å². The molecular formula is C20H24BrN3O3S. The molecule has 1 fully saturated rings. The van der Waals surface area contributed by atoms with E-state index in [9.17, 15) is 13.2 Å². The maximum Gasteiger partial charge on any atom is 0.255 e. The average molecular weight is 466 g/mol. The van der Waals surface area contributed by atoms with Crippen LogP contribution in [0.2, 0.25) is 0 Å². The molecule has 0 saturated carbocycles. The summed E-state index contributed by atoms with van der Waals surface area (Å²) in [5.74, 6) is 0.266. The Bertz CT molecular complexity index is 939. The average Bonchev–Trinajstić information content (AvgIpc) is 2.72. The number of carbonyl (C=O) groups is 1. The van der Waals surface area contributed by atoms with Gasteiger partial charge in [-0.05, 0) is 52.0 Å². The zero-order valence-corrected chi connectivity index (χ0v) is 18.4. The van der Waals surface area contributed by atoms with E-state index in [1.807, 2.05) is 12.1 Å². The summed E-state index contributed by atoms with van der Waals surface area (Å²) in [6, 6.07) is 8.86. The molecule has 1 aromatic heterocycles. The smallest absolute Gasteiger partial charge is 0.255 e. The molecule has 28 heavy (non-hydrogen) atoms. The van der Waals surface area contributed by atoms with Crippen molar-refractivity contribution in [1.29, 1.82) is 0 Å². The highest BCUT2D eigenvalue weighted by Crippen LogP contribution is 2.23. The molecule has 1 atom stereocenters. The Kier molecular flexibility index (Phi) is 6.52. The Morgan fingerprint density at radius 3 is 2.36 bits per heavy atom. The van der Waals surface area contributed by atoms with Gasteiger partial charge in [-0.25, -0.2) is 8.42 Å². The number of piperazine rings is 1. The van der Waals surface area contributed by atoms with E-state index in [0.717, 1.165) is 16.5 Å². The van der Waals surface area contributed by atoms with E-state index in [1.54, 1.807) is 29.3 Å². The molecule has 0 N–H and O–H groups in total. The third-order valence-corrected chi connectivity index (χ3v) is 7.52. The first-order chi connectivity index (χ1) is 13.3. The van der Waals surface area contributed by atoms with Gasteiger partial charge in [0.25, 0.3) is 5.91 Å². The van der Waals surface area contributed by atoms with Crippen LogP contribution in [0.3, 0.4) is 0 Å². The molecule has 6 nitrogen and oxygen atoms in total. The summed E-state index contributed by atoms with van der Waals surface area (Å²) >= 11 is 3.31. The fourth-order valence-corrected chi connectivity index (χ4v) is 4.98. The summed E-state index contributed by atoms with van der Waals surface area (Å²) in [5.41, 5.74) is 1.63. The second-order valence-electron chi connectivity index (χ2n) is 6.97. The summed E-state index contributed by atoms with van der Waals surface area (Å²) in [4.78, 5) is 18.6. The van der Waals surface area contributed by atoms with Crippen LogP contribution in [0.5, 0.6) is 0 Å². The Hall–Kier alpha value is -1.77. The lowest BCUT2D eigenvalue weighted by Gasteiger charge is -2.34. The van der Waals surface area contributed by atoms with Crippen molar-refractivity contribution in [2.45, 2.75) is 31.1 Å². The van der Waals surface area contributed by atoms with Crippen LogP contribution in [-0.2, 0) is 10.0 Å². The van der Waals surface area contributed by atoms with Crippen molar-refractivity contribution in [1.82, 2.24) is 14.2 Å². The molecular weight excluding hydrogens is 442 g/mol. The highest BCUT2D eigenvalue weighted by molar-refractivity contribution is 9.10. The van der Waals surface area contributed by atoms with Crippen molar-refractivity contribution >= 4 is 31.9 Å². The van der Waals surface area contributed by atoms with Crippen LogP contribution in [0.25, 0.3) is 0 Å². The first-order valence-electron chi connectivity index (χ1n) is 9.33. The van der Waals surface area contributed by atoms with E-state index in [0.29, 0.717) is 29.5 Å². The molecule has 2 aromatic rings. The molecule has 1 unspecified atom stereocenters. The Morgan fingerprint density at radius 1 is 1.14 bits per heavy atom. The molecule has 0 bridgehead atoms. The third kappa shape index (κ3) is 4.45. The van der Waals surface area contributed by atoms with Crippen molar-refractivity contribution in [2.75, 3.05) is 26.2 Å². The van der Waals surface area contributed by atoms with Crippen LogP contribution in [0.15, 0.2) is 52.1 Å². The maximum atomic E-state index is 12.9. The predicted molar refractivity (Wildman–Crippen MR) is 112 cm³/mol. The van der Waals surface area contributed by atoms with Gasteiger partial charge in [0.2, 0.25) is 10.0 Å². The van der Waals surface area contributed by atoms with E-state index >= 15 is 0 Å². The van der Waals surface area contributed by atoms with Crippen LogP contribution < -0.4 is 0 Å². The van der Waals surface area contributed by atoms with Crippen LogP contribution in [0.4, 0.5) is 0 Å². The summed E-state index contributed by atoms with van der Waals surface area (Å²) < 4.78 is 28.1. The molecule has 150 valence electrons. The van der Waals surface area contributed by atoms with Crippen LogP contribution >= 0.6 is 15.9 Å². The van der Waals surface area contributed by atoms with Crippen LogP contribution in [-0.4, -0.2) is 54.7 Å². The van der Waals surface area contributed by atoms with Crippen molar-refractivity contribution < 1.29 is 13.2 Å². The van der Waals surface area contributed by atoms with Gasteiger partial charge in [-0.3, -0.25) is 9.78 Å². The van der Waals surface area contributed by atoms with Crippen molar-refractivity contribution in [3.63, 3.8) is 0 Å². The summed E-state index contributed by atoms with van der Waals surface area (Å²) in [7, 11) is -3.56. The van der Waals surface area contributed by atoms with Gasteiger partial charge in [0, 0.05) is 43.0 Å². The molecule has 1 aliphatic rings. The van der Waals surface area contributed by atoms with Crippen molar-refractivity contribution in [3.8, 4) is 0 Å². The summed E-state index contributed by atoms with van der Waals surface area (Å²) in [6.07, 6.45) is 4.15. The third-order valence-electron chi connectivity index (χ3n) is 5.18. The molecule has 0 aliphatic carbocycles. The van der Waals surface area contributed by atoms with Gasteiger partial charge in [-0.1, -0.05) is 26.0 Å². The van der Waals surface area contributed by atoms with Crippen LogP contribution in [0, 0.1) is 0 Å². The van der Waals surface area contributed by atoms with Crippen molar-refractivity contribution in [3.05, 3.63) is 58.3 Å². The van der Waals surface area contributed by atoms with E-state index in [4.69, 9.17) is 0 Å². The minimum absolute atomic E-state index is 0.135. The topological polar surface area (TPSA) is 70.6 Å². The monoisotopic (exact) mass is 465 g/mol. The fourth-order valence-electron chi connectivity index (χ4n) is 3.20. The lowest BCUT2D eigenvalue weighted by atomic mass is 9.99. The SMILES string of the molecule is CCC(C)c1ccc(S(=O)(=O)N2CCN(C(=O)c3cncc(Br)c3)CC2)cc1. The normalized spacial score (nSPS) is 16.8. The number of sulfonamides is 1. The number of hydrogen-bond donors (Lipinski definition) is 0. The number of aromatic nitrogens is 1. The molecule has 1 aromatic carbocycles. The summed E-state index contributed by atoms with van der Waals surface area (Å²) in [6.45, 7) is 5.51. The molecule has 1 saturated heterocycles. The highest BCUT2D eigenvalue weighted by Gasteiger charge is 2.30. The molecule has 0 radical (unpaired) electrons. The lowest BCUT2D eigenvalue weighted by Crippen LogP contribution is -2.50. The second kappa shape index (κ2) is 8.71.